The van der Waals surface area contributed by atoms with E-state index in [2.05, 4.69) is 16.0 Å². The first-order chi connectivity index (χ1) is 12.9. The molecule has 0 radical (unpaired) electrons. The predicted octanol–water partition coefficient (Wildman–Crippen LogP) is 0.694. The molecule has 4 heterocycles. The Morgan fingerprint density at radius 3 is 2.96 bits per heavy atom. The van der Waals surface area contributed by atoms with Gasteiger partial charge in [0, 0.05) is 12.6 Å². The second-order valence-electron chi connectivity index (χ2n) is 8.23. The number of hydrogen-bond donors (Lipinski definition) is 4. The SMILES string of the molecule is CSC1NCC2C(=O)N3C/C(F)=C\CC[C@@](C)(O)C4CCCC(N4)N3C2N1. The van der Waals surface area contributed by atoms with E-state index in [1.807, 2.05) is 18.2 Å². The molecule has 3 saturated heterocycles. The summed E-state index contributed by atoms with van der Waals surface area (Å²) >= 11 is 1.65. The molecule has 4 N–H and O–H groups in total. The number of allylic oxidation sites excluding steroid dienone is 1. The van der Waals surface area contributed by atoms with Crippen molar-refractivity contribution in [2.75, 3.05) is 19.3 Å². The van der Waals surface area contributed by atoms with Crippen molar-refractivity contribution in [1.29, 1.82) is 0 Å². The van der Waals surface area contributed by atoms with Gasteiger partial charge in [-0.1, -0.05) is 6.08 Å². The van der Waals surface area contributed by atoms with E-state index < -0.39 is 5.60 Å². The number of thioether (sulfide) groups is 1. The molecule has 27 heavy (non-hydrogen) atoms. The van der Waals surface area contributed by atoms with Gasteiger partial charge in [0.2, 0.25) is 5.91 Å². The average Bonchev–Trinajstić information content (AvgIpc) is 2.92. The normalized spacial score (nSPS) is 45.5. The smallest absolute Gasteiger partial charge is 0.244 e. The third kappa shape index (κ3) is 3.65. The highest BCUT2D eigenvalue weighted by atomic mass is 32.2. The van der Waals surface area contributed by atoms with Crippen LogP contribution in [0, 0.1) is 5.92 Å². The van der Waals surface area contributed by atoms with Crippen LogP contribution in [0.25, 0.3) is 0 Å². The molecule has 1 amide bonds. The lowest BCUT2D eigenvalue weighted by Crippen LogP contribution is -2.67. The van der Waals surface area contributed by atoms with Crippen molar-refractivity contribution >= 4 is 17.7 Å². The van der Waals surface area contributed by atoms with Gasteiger partial charge in [-0.05, 0) is 45.3 Å². The lowest BCUT2D eigenvalue weighted by molar-refractivity contribution is -0.147. The van der Waals surface area contributed by atoms with E-state index in [-0.39, 0.29) is 48.1 Å². The Hall–Kier alpha value is -0.710. The molecule has 4 rings (SSSR count). The second kappa shape index (κ2) is 7.61. The molecule has 4 aliphatic heterocycles. The Kier molecular flexibility index (Phi) is 5.52. The summed E-state index contributed by atoms with van der Waals surface area (Å²) in [5, 5.41) is 25.0. The number of nitrogens with zero attached hydrogens (tertiary/aromatic N) is 2. The van der Waals surface area contributed by atoms with E-state index in [1.54, 1.807) is 16.8 Å². The molecule has 6 atom stereocenters. The van der Waals surface area contributed by atoms with Crippen molar-refractivity contribution in [2.24, 2.45) is 5.92 Å². The van der Waals surface area contributed by atoms with Crippen LogP contribution in [0.4, 0.5) is 4.39 Å². The summed E-state index contributed by atoms with van der Waals surface area (Å²) in [6.07, 6.45) is 6.94. The topological polar surface area (TPSA) is 79.9 Å². The zero-order chi connectivity index (χ0) is 19.2. The van der Waals surface area contributed by atoms with Crippen LogP contribution < -0.4 is 16.0 Å². The van der Waals surface area contributed by atoms with Gasteiger partial charge in [0.15, 0.2) is 0 Å². The van der Waals surface area contributed by atoms with E-state index in [4.69, 9.17) is 0 Å². The molecule has 2 bridgehead atoms. The fraction of sp³-hybridized carbons (Fsp3) is 0.833. The third-order valence-corrected chi connectivity index (χ3v) is 7.12. The number of aliphatic hydroxyl groups is 1. The van der Waals surface area contributed by atoms with Crippen molar-refractivity contribution < 1.29 is 14.3 Å². The maximum Gasteiger partial charge on any atom is 0.244 e. The fourth-order valence-corrected chi connectivity index (χ4v) is 5.34. The zero-order valence-electron chi connectivity index (χ0n) is 15.9. The number of amides is 1. The molecule has 152 valence electrons. The largest absolute Gasteiger partial charge is 0.389 e. The minimum absolute atomic E-state index is 0.0392. The number of halogens is 1. The standard InChI is InChI=1S/C18H30FN5O2S/c1-18(26)8-4-5-11(19)10-23-16(25)12-9-20-17(27-2)22-15(12)24(23)14-7-3-6-13(18)21-14/h5,12-15,17,20-22,26H,3-4,6-10H2,1-2H3/b11-5+/t12?,13?,14?,15?,17?,18-/m1/s1. The summed E-state index contributed by atoms with van der Waals surface area (Å²) in [6.45, 7) is 2.37. The first-order valence-corrected chi connectivity index (χ1v) is 11.1. The number of carbonyl (C=O) groups is 1. The molecule has 0 spiro atoms. The highest BCUT2D eigenvalue weighted by Crippen LogP contribution is 2.35. The van der Waals surface area contributed by atoms with Crippen LogP contribution >= 0.6 is 11.8 Å². The Morgan fingerprint density at radius 1 is 1.37 bits per heavy atom. The molecule has 0 aromatic rings. The van der Waals surface area contributed by atoms with E-state index >= 15 is 0 Å². The minimum atomic E-state index is -0.906. The summed E-state index contributed by atoms with van der Waals surface area (Å²) in [4.78, 5) is 13.1. The van der Waals surface area contributed by atoms with Gasteiger partial charge in [-0.3, -0.25) is 25.8 Å². The van der Waals surface area contributed by atoms with Gasteiger partial charge in [-0.25, -0.2) is 4.39 Å². The van der Waals surface area contributed by atoms with Gasteiger partial charge >= 0.3 is 0 Å². The fourth-order valence-electron chi connectivity index (χ4n) is 4.80. The van der Waals surface area contributed by atoms with Crippen molar-refractivity contribution in [3.05, 3.63) is 11.9 Å². The van der Waals surface area contributed by atoms with Crippen LogP contribution in [0.2, 0.25) is 0 Å². The number of hydrogen-bond acceptors (Lipinski definition) is 7. The Labute approximate surface area is 164 Å². The Bertz CT molecular complexity index is 619. The number of nitrogens with one attached hydrogen (secondary N) is 3. The molecule has 0 aromatic carbocycles. The van der Waals surface area contributed by atoms with Gasteiger partial charge < -0.3 is 5.11 Å². The first-order valence-electron chi connectivity index (χ1n) is 9.85. The lowest BCUT2D eigenvalue weighted by atomic mass is 9.85. The van der Waals surface area contributed by atoms with E-state index in [9.17, 15) is 14.3 Å². The van der Waals surface area contributed by atoms with Gasteiger partial charge in [0.25, 0.3) is 0 Å². The molecule has 0 aliphatic carbocycles. The van der Waals surface area contributed by atoms with Gasteiger partial charge in [0.05, 0.1) is 30.4 Å². The molecule has 5 unspecified atom stereocenters. The molecule has 0 saturated carbocycles. The molecular formula is C18H30FN5O2S. The predicted molar refractivity (Wildman–Crippen MR) is 103 cm³/mol. The summed E-state index contributed by atoms with van der Waals surface area (Å²) in [6, 6.07) is -0.0696. The summed E-state index contributed by atoms with van der Waals surface area (Å²) in [5.41, 5.74) is -0.850. The molecular weight excluding hydrogens is 369 g/mol. The quantitative estimate of drug-likeness (QED) is 0.517. The maximum absolute atomic E-state index is 14.6. The number of carbonyl (C=O) groups excluding carboxylic acids is 1. The molecule has 3 fully saturated rings. The van der Waals surface area contributed by atoms with E-state index in [1.165, 1.54) is 6.08 Å². The number of piperidine rings is 1. The van der Waals surface area contributed by atoms with Crippen LogP contribution in [0.5, 0.6) is 0 Å². The first kappa shape index (κ1) is 19.6. The maximum atomic E-state index is 14.6. The van der Waals surface area contributed by atoms with Crippen molar-refractivity contribution in [2.45, 2.75) is 68.5 Å². The molecule has 4 aliphatic rings. The minimum Gasteiger partial charge on any atom is -0.389 e. The van der Waals surface area contributed by atoms with Crippen LogP contribution in [0.15, 0.2) is 11.9 Å². The summed E-state index contributed by atoms with van der Waals surface area (Å²) < 4.78 is 14.6. The highest BCUT2D eigenvalue weighted by Gasteiger charge is 2.53. The van der Waals surface area contributed by atoms with Crippen molar-refractivity contribution in [1.82, 2.24) is 26.0 Å². The van der Waals surface area contributed by atoms with Crippen molar-refractivity contribution in [3.63, 3.8) is 0 Å². The average molecular weight is 400 g/mol. The van der Waals surface area contributed by atoms with Gasteiger partial charge in [-0.15, -0.1) is 11.8 Å². The molecule has 9 heteroatoms. The lowest BCUT2D eigenvalue weighted by Gasteiger charge is -2.47. The van der Waals surface area contributed by atoms with E-state index in [0.717, 1.165) is 19.3 Å². The van der Waals surface area contributed by atoms with Crippen molar-refractivity contribution in [3.8, 4) is 0 Å². The second-order valence-corrected chi connectivity index (χ2v) is 9.17. The van der Waals surface area contributed by atoms with Crippen LogP contribution in [0.3, 0.4) is 0 Å². The van der Waals surface area contributed by atoms with Crippen LogP contribution in [-0.4, -0.2) is 69.8 Å². The number of hydrazine groups is 1. The Balaban J connectivity index is 1.68. The van der Waals surface area contributed by atoms with Gasteiger partial charge in [-0.2, -0.15) is 5.01 Å². The van der Waals surface area contributed by atoms with Crippen LogP contribution in [-0.2, 0) is 4.79 Å². The molecule has 0 aromatic heterocycles. The Morgan fingerprint density at radius 2 is 2.19 bits per heavy atom. The summed E-state index contributed by atoms with van der Waals surface area (Å²) in [7, 11) is 0. The van der Waals surface area contributed by atoms with Gasteiger partial charge in [0.1, 0.15) is 11.3 Å². The number of fused-ring (bicyclic) bond motifs is 6. The third-order valence-electron chi connectivity index (χ3n) is 6.35. The molecule has 7 nitrogen and oxygen atoms in total. The summed E-state index contributed by atoms with van der Waals surface area (Å²) in [5.74, 6) is -0.599. The zero-order valence-corrected chi connectivity index (χ0v) is 16.8. The van der Waals surface area contributed by atoms with Crippen LogP contribution in [0.1, 0.15) is 39.0 Å². The number of rotatable bonds is 1. The monoisotopic (exact) mass is 399 g/mol. The highest BCUT2D eigenvalue weighted by molar-refractivity contribution is 7.99. The van der Waals surface area contributed by atoms with E-state index in [0.29, 0.717) is 19.4 Å².